The van der Waals surface area contributed by atoms with E-state index < -0.39 is 0 Å². The summed E-state index contributed by atoms with van der Waals surface area (Å²) in [5.41, 5.74) is 1.41. The quantitative estimate of drug-likeness (QED) is 0.742. The second-order valence-corrected chi connectivity index (χ2v) is 4.33. The van der Waals surface area contributed by atoms with Gasteiger partial charge in [0.25, 0.3) is 0 Å². The van der Waals surface area contributed by atoms with E-state index >= 15 is 0 Å². The predicted octanol–water partition coefficient (Wildman–Crippen LogP) is 3.38. The lowest BCUT2D eigenvalue weighted by atomic mass is 10.2. The highest BCUT2D eigenvalue weighted by Gasteiger charge is 2.09. The van der Waals surface area contributed by atoms with Crippen LogP contribution in [0.15, 0.2) is 12.1 Å². The first-order valence-electron chi connectivity index (χ1n) is 4.24. The molecular weight excluding hydrogens is 216 g/mol. The van der Waals surface area contributed by atoms with Gasteiger partial charge >= 0.3 is 0 Å². The highest BCUT2D eigenvalue weighted by Crippen LogP contribution is 2.30. The summed E-state index contributed by atoms with van der Waals surface area (Å²) >= 11 is 7.46. The molecule has 0 radical (unpaired) electrons. The highest BCUT2D eigenvalue weighted by atomic mass is 35.5. The molecule has 14 heavy (non-hydrogen) atoms. The molecule has 1 heterocycles. The zero-order chi connectivity index (χ0) is 10.1. The van der Waals surface area contributed by atoms with Crippen molar-refractivity contribution in [1.82, 2.24) is 4.98 Å². The summed E-state index contributed by atoms with van der Waals surface area (Å²) in [7, 11) is 0. The molecule has 0 unspecified atom stereocenters. The molecule has 0 saturated carbocycles. The van der Waals surface area contributed by atoms with E-state index in [2.05, 4.69) is 11.1 Å². The maximum atomic E-state index is 8.94. The number of aromatic nitrogens is 1. The second-order valence-electron chi connectivity index (χ2n) is 2.84. The van der Waals surface area contributed by atoms with Crippen molar-refractivity contribution in [3.05, 3.63) is 27.7 Å². The van der Waals surface area contributed by atoms with Crippen LogP contribution in [0.25, 0.3) is 10.2 Å². The number of aryl methyl sites for hydroxylation is 1. The van der Waals surface area contributed by atoms with Crippen molar-refractivity contribution < 1.29 is 0 Å². The predicted molar refractivity (Wildman–Crippen MR) is 58.7 cm³/mol. The number of nitriles is 1. The zero-order valence-corrected chi connectivity index (χ0v) is 9.11. The molecule has 0 fully saturated rings. The average Bonchev–Trinajstić information content (AvgIpc) is 2.60. The fourth-order valence-electron chi connectivity index (χ4n) is 1.27. The largest absolute Gasteiger partial charge is 0.241 e. The minimum atomic E-state index is 0.506. The molecule has 0 spiro atoms. The van der Waals surface area contributed by atoms with Crippen molar-refractivity contribution in [3.8, 4) is 6.07 Å². The lowest BCUT2D eigenvalue weighted by molar-refractivity contribution is 1.11. The lowest BCUT2D eigenvalue weighted by Crippen LogP contribution is -1.77. The Balaban J connectivity index is 2.81. The Kier molecular flexibility index (Phi) is 2.40. The Bertz CT molecular complexity index is 525. The van der Waals surface area contributed by atoms with E-state index in [0.29, 0.717) is 10.6 Å². The molecule has 2 aromatic rings. The molecular formula is C10H7ClN2S. The molecule has 0 saturated heterocycles. The number of benzene rings is 1. The van der Waals surface area contributed by atoms with Gasteiger partial charge in [-0.2, -0.15) is 5.26 Å². The fourth-order valence-corrected chi connectivity index (χ4v) is 2.53. The SMILES string of the molecule is CCc1nc2ccc(Cl)c(C#N)c2s1. The molecule has 0 aliphatic rings. The first-order chi connectivity index (χ1) is 6.76. The van der Waals surface area contributed by atoms with Crippen molar-refractivity contribution in [3.63, 3.8) is 0 Å². The van der Waals surface area contributed by atoms with Crippen molar-refractivity contribution in [2.24, 2.45) is 0 Å². The van der Waals surface area contributed by atoms with Crippen LogP contribution >= 0.6 is 22.9 Å². The van der Waals surface area contributed by atoms with E-state index in [0.717, 1.165) is 21.6 Å². The third-order valence-electron chi connectivity index (χ3n) is 1.97. The van der Waals surface area contributed by atoms with Gasteiger partial charge in [-0.3, -0.25) is 0 Å². The molecule has 1 aromatic heterocycles. The Labute approximate surface area is 90.8 Å². The first-order valence-corrected chi connectivity index (χ1v) is 5.43. The Morgan fingerprint density at radius 3 is 3.00 bits per heavy atom. The maximum Gasteiger partial charge on any atom is 0.102 e. The summed E-state index contributed by atoms with van der Waals surface area (Å²) in [4.78, 5) is 4.39. The van der Waals surface area contributed by atoms with Crippen LogP contribution in [0.3, 0.4) is 0 Å². The van der Waals surface area contributed by atoms with Crippen LogP contribution in [0, 0.1) is 11.3 Å². The molecule has 0 atom stereocenters. The van der Waals surface area contributed by atoms with E-state index in [9.17, 15) is 0 Å². The number of thiazole rings is 1. The maximum absolute atomic E-state index is 8.94. The minimum absolute atomic E-state index is 0.506. The number of rotatable bonds is 1. The Morgan fingerprint density at radius 2 is 2.36 bits per heavy atom. The summed E-state index contributed by atoms with van der Waals surface area (Å²) in [6.07, 6.45) is 0.891. The molecule has 0 amide bonds. The number of hydrogen-bond donors (Lipinski definition) is 0. The van der Waals surface area contributed by atoms with Crippen molar-refractivity contribution in [2.45, 2.75) is 13.3 Å². The number of hydrogen-bond acceptors (Lipinski definition) is 3. The topological polar surface area (TPSA) is 36.7 Å². The second kappa shape index (κ2) is 3.56. The summed E-state index contributed by atoms with van der Waals surface area (Å²) in [6, 6.07) is 5.69. The smallest absolute Gasteiger partial charge is 0.102 e. The van der Waals surface area contributed by atoms with E-state index in [-0.39, 0.29) is 0 Å². The van der Waals surface area contributed by atoms with Gasteiger partial charge < -0.3 is 0 Å². The van der Waals surface area contributed by atoms with Crippen LogP contribution in [0.2, 0.25) is 5.02 Å². The molecule has 2 nitrogen and oxygen atoms in total. The molecule has 1 aromatic carbocycles. The van der Waals surface area contributed by atoms with Crippen molar-refractivity contribution in [1.29, 1.82) is 5.26 Å². The van der Waals surface area contributed by atoms with E-state index in [4.69, 9.17) is 16.9 Å². The number of halogens is 1. The van der Waals surface area contributed by atoms with Gasteiger partial charge in [0.1, 0.15) is 6.07 Å². The van der Waals surface area contributed by atoms with Crippen LogP contribution in [0.4, 0.5) is 0 Å². The molecule has 0 aliphatic carbocycles. The van der Waals surface area contributed by atoms with Gasteiger partial charge in [-0.15, -0.1) is 11.3 Å². The molecule has 0 N–H and O–H groups in total. The summed E-state index contributed by atoms with van der Waals surface area (Å²) < 4.78 is 0.900. The Hall–Kier alpha value is -1.11. The lowest BCUT2D eigenvalue weighted by Gasteiger charge is -1.93. The van der Waals surface area contributed by atoms with Crippen molar-refractivity contribution in [2.75, 3.05) is 0 Å². The van der Waals surface area contributed by atoms with Crippen molar-refractivity contribution >= 4 is 33.2 Å². The minimum Gasteiger partial charge on any atom is -0.241 e. The van der Waals surface area contributed by atoms with Gasteiger partial charge in [0.05, 0.1) is 25.8 Å². The van der Waals surface area contributed by atoms with E-state index in [1.807, 2.05) is 13.0 Å². The van der Waals surface area contributed by atoms with E-state index in [1.165, 1.54) is 0 Å². The van der Waals surface area contributed by atoms with Crippen LogP contribution in [0.5, 0.6) is 0 Å². The van der Waals surface area contributed by atoms with Gasteiger partial charge in [-0.05, 0) is 18.6 Å². The fraction of sp³-hybridized carbons (Fsp3) is 0.200. The molecule has 0 aliphatic heterocycles. The van der Waals surface area contributed by atoms with Crippen LogP contribution < -0.4 is 0 Å². The van der Waals surface area contributed by atoms with Gasteiger partial charge in [0.2, 0.25) is 0 Å². The summed E-state index contributed by atoms with van der Waals surface area (Å²) in [5, 5.41) is 10.5. The normalized spacial score (nSPS) is 10.4. The monoisotopic (exact) mass is 222 g/mol. The van der Waals surface area contributed by atoms with Gasteiger partial charge in [0, 0.05) is 0 Å². The van der Waals surface area contributed by atoms with Crippen LogP contribution in [0.1, 0.15) is 17.5 Å². The highest BCUT2D eigenvalue weighted by molar-refractivity contribution is 7.18. The van der Waals surface area contributed by atoms with E-state index in [1.54, 1.807) is 17.4 Å². The molecule has 70 valence electrons. The first kappa shape index (κ1) is 9.45. The average molecular weight is 223 g/mol. The third-order valence-corrected chi connectivity index (χ3v) is 3.51. The summed E-state index contributed by atoms with van der Waals surface area (Å²) in [5.74, 6) is 0. The number of fused-ring (bicyclic) bond motifs is 1. The molecule has 0 bridgehead atoms. The summed E-state index contributed by atoms with van der Waals surface area (Å²) in [6.45, 7) is 2.05. The standard InChI is InChI=1S/C10H7ClN2S/c1-2-9-13-8-4-3-7(11)6(5-12)10(8)14-9/h3-4H,2H2,1H3. The van der Waals surface area contributed by atoms with Gasteiger partial charge in [0.15, 0.2) is 0 Å². The van der Waals surface area contributed by atoms with Crippen LogP contribution in [-0.2, 0) is 6.42 Å². The van der Waals surface area contributed by atoms with Gasteiger partial charge in [-0.1, -0.05) is 18.5 Å². The van der Waals surface area contributed by atoms with Gasteiger partial charge in [-0.25, -0.2) is 4.98 Å². The van der Waals surface area contributed by atoms with Crippen LogP contribution in [-0.4, -0.2) is 4.98 Å². The molecule has 4 heteroatoms. The Morgan fingerprint density at radius 1 is 1.57 bits per heavy atom. The molecule has 2 rings (SSSR count). The zero-order valence-electron chi connectivity index (χ0n) is 7.54. The third kappa shape index (κ3) is 1.37. The number of nitrogens with zero attached hydrogens (tertiary/aromatic N) is 2.